The SMILES string of the molecule is CC(=O)N1CCN(CC2=CCCN(CC=Cc3ccccc3)C2)CC1. The number of carbonyl (C=O) groups is 1. The molecule has 0 bridgehead atoms. The van der Waals surface area contributed by atoms with E-state index in [-0.39, 0.29) is 5.91 Å². The molecule has 1 aromatic rings. The molecule has 0 radical (unpaired) electrons. The van der Waals surface area contributed by atoms with Gasteiger partial charge >= 0.3 is 0 Å². The molecule has 1 amide bonds. The molecule has 134 valence electrons. The predicted molar refractivity (Wildman–Crippen MR) is 103 cm³/mol. The van der Waals surface area contributed by atoms with Crippen LogP contribution in [0.3, 0.4) is 0 Å². The van der Waals surface area contributed by atoms with Gasteiger partial charge in [-0.25, -0.2) is 0 Å². The highest BCUT2D eigenvalue weighted by Gasteiger charge is 2.20. The first-order valence-electron chi connectivity index (χ1n) is 9.30. The average molecular weight is 339 g/mol. The minimum absolute atomic E-state index is 0.202. The summed E-state index contributed by atoms with van der Waals surface area (Å²) in [6.07, 6.45) is 8.03. The van der Waals surface area contributed by atoms with Crippen LogP contribution >= 0.6 is 0 Å². The van der Waals surface area contributed by atoms with E-state index in [4.69, 9.17) is 0 Å². The number of piperazine rings is 1. The maximum Gasteiger partial charge on any atom is 0.219 e. The maximum atomic E-state index is 11.4. The third kappa shape index (κ3) is 5.55. The lowest BCUT2D eigenvalue weighted by molar-refractivity contribution is -0.130. The molecule has 1 saturated heterocycles. The van der Waals surface area contributed by atoms with Crippen LogP contribution in [0.15, 0.2) is 48.1 Å². The van der Waals surface area contributed by atoms with E-state index in [9.17, 15) is 4.79 Å². The van der Waals surface area contributed by atoms with E-state index in [2.05, 4.69) is 58.4 Å². The van der Waals surface area contributed by atoms with Gasteiger partial charge in [0.05, 0.1) is 0 Å². The van der Waals surface area contributed by atoms with E-state index in [1.807, 2.05) is 4.90 Å². The van der Waals surface area contributed by atoms with Gasteiger partial charge in [0.15, 0.2) is 0 Å². The molecule has 3 rings (SSSR count). The molecular formula is C21H29N3O. The van der Waals surface area contributed by atoms with Gasteiger partial charge in [0.25, 0.3) is 0 Å². The highest BCUT2D eigenvalue weighted by molar-refractivity contribution is 5.73. The molecule has 0 atom stereocenters. The summed E-state index contributed by atoms with van der Waals surface area (Å²) in [5, 5.41) is 0. The summed E-state index contributed by atoms with van der Waals surface area (Å²) in [6.45, 7) is 9.63. The van der Waals surface area contributed by atoms with Crippen LogP contribution in [-0.2, 0) is 4.79 Å². The van der Waals surface area contributed by atoms with Gasteiger partial charge in [0.2, 0.25) is 5.91 Å². The Balaban J connectivity index is 1.43. The Morgan fingerprint density at radius 2 is 1.80 bits per heavy atom. The van der Waals surface area contributed by atoms with Gasteiger partial charge in [0.1, 0.15) is 0 Å². The minimum atomic E-state index is 0.202. The summed E-state index contributed by atoms with van der Waals surface area (Å²) in [6, 6.07) is 10.5. The van der Waals surface area contributed by atoms with Crippen LogP contribution in [0.1, 0.15) is 18.9 Å². The molecule has 0 unspecified atom stereocenters. The standard InChI is InChI=1S/C21H29N3O/c1-19(25)24-15-13-23(14-16-24)18-21-10-6-12-22(17-21)11-5-9-20-7-3-2-4-8-20/h2-5,7-10H,6,11-18H2,1H3. The number of amides is 1. The van der Waals surface area contributed by atoms with Crippen molar-refractivity contribution in [2.45, 2.75) is 13.3 Å². The molecule has 0 spiro atoms. The van der Waals surface area contributed by atoms with E-state index in [1.54, 1.807) is 6.92 Å². The van der Waals surface area contributed by atoms with Crippen molar-refractivity contribution in [3.05, 3.63) is 53.6 Å². The highest BCUT2D eigenvalue weighted by Crippen LogP contribution is 2.13. The summed E-state index contributed by atoms with van der Waals surface area (Å²) in [4.78, 5) is 18.4. The molecule has 2 aliphatic heterocycles. The summed E-state index contributed by atoms with van der Waals surface area (Å²) in [7, 11) is 0. The summed E-state index contributed by atoms with van der Waals surface area (Å²) in [5.41, 5.74) is 2.79. The highest BCUT2D eigenvalue weighted by atomic mass is 16.2. The number of hydrogen-bond donors (Lipinski definition) is 0. The molecule has 0 N–H and O–H groups in total. The van der Waals surface area contributed by atoms with E-state index < -0.39 is 0 Å². The third-order valence-corrected chi connectivity index (χ3v) is 5.02. The monoisotopic (exact) mass is 339 g/mol. The maximum absolute atomic E-state index is 11.4. The van der Waals surface area contributed by atoms with Gasteiger partial charge in [-0.1, -0.05) is 48.6 Å². The quantitative estimate of drug-likeness (QED) is 0.771. The Hall–Kier alpha value is -1.91. The zero-order valence-corrected chi connectivity index (χ0v) is 15.2. The van der Waals surface area contributed by atoms with Crippen molar-refractivity contribution in [3.8, 4) is 0 Å². The van der Waals surface area contributed by atoms with Crippen LogP contribution in [0.2, 0.25) is 0 Å². The molecule has 0 aliphatic carbocycles. The number of carbonyl (C=O) groups excluding carboxylic acids is 1. The van der Waals surface area contributed by atoms with Gasteiger partial charge in [-0.15, -0.1) is 0 Å². The van der Waals surface area contributed by atoms with Crippen LogP contribution in [0.25, 0.3) is 6.08 Å². The molecule has 4 heteroatoms. The van der Waals surface area contributed by atoms with Crippen LogP contribution in [0, 0.1) is 0 Å². The Labute approximate surface area is 151 Å². The normalized spacial score (nSPS) is 20.0. The number of hydrogen-bond acceptors (Lipinski definition) is 3. The molecule has 0 saturated carbocycles. The second-order valence-electron chi connectivity index (χ2n) is 6.98. The molecule has 1 fully saturated rings. The lowest BCUT2D eigenvalue weighted by Gasteiger charge is -2.36. The van der Waals surface area contributed by atoms with E-state index >= 15 is 0 Å². The predicted octanol–water partition coefficient (Wildman–Crippen LogP) is 2.50. The van der Waals surface area contributed by atoms with Gasteiger partial charge in [-0.2, -0.15) is 0 Å². The first-order chi connectivity index (χ1) is 12.2. The summed E-state index contributed by atoms with van der Waals surface area (Å²) < 4.78 is 0. The fraction of sp³-hybridized carbons (Fsp3) is 0.476. The molecule has 25 heavy (non-hydrogen) atoms. The van der Waals surface area contributed by atoms with Crippen LogP contribution in [-0.4, -0.2) is 73.0 Å². The van der Waals surface area contributed by atoms with Crippen molar-refractivity contribution in [1.29, 1.82) is 0 Å². The Kier molecular flexibility index (Phi) is 6.42. The lowest BCUT2D eigenvalue weighted by atomic mass is 10.1. The Morgan fingerprint density at radius 3 is 2.52 bits per heavy atom. The smallest absolute Gasteiger partial charge is 0.219 e. The fourth-order valence-corrected chi connectivity index (χ4v) is 3.56. The van der Waals surface area contributed by atoms with E-state index in [0.717, 1.165) is 58.8 Å². The Bertz CT molecular complexity index is 615. The van der Waals surface area contributed by atoms with Gasteiger partial charge in [0, 0.05) is 59.3 Å². The summed E-state index contributed by atoms with van der Waals surface area (Å²) >= 11 is 0. The zero-order valence-electron chi connectivity index (χ0n) is 15.2. The molecule has 2 heterocycles. The first-order valence-corrected chi connectivity index (χ1v) is 9.30. The number of nitrogens with zero attached hydrogens (tertiary/aromatic N) is 3. The van der Waals surface area contributed by atoms with Crippen molar-refractivity contribution in [1.82, 2.24) is 14.7 Å². The van der Waals surface area contributed by atoms with E-state index in [1.165, 1.54) is 11.1 Å². The van der Waals surface area contributed by atoms with Crippen molar-refractivity contribution in [2.24, 2.45) is 0 Å². The molecule has 2 aliphatic rings. The van der Waals surface area contributed by atoms with Crippen LogP contribution in [0.4, 0.5) is 0 Å². The largest absolute Gasteiger partial charge is 0.340 e. The van der Waals surface area contributed by atoms with Crippen molar-refractivity contribution < 1.29 is 4.79 Å². The molecule has 1 aromatic carbocycles. The fourth-order valence-electron chi connectivity index (χ4n) is 3.56. The van der Waals surface area contributed by atoms with Gasteiger partial charge in [-0.3, -0.25) is 14.6 Å². The van der Waals surface area contributed by atoms with Gasteiger partial charge in [-0.05, 0) is 17.6 Å². The Morgan fingerprint density at radius 1 is 1.04 bits per heavy atom. The minimum Gasteiger partial charge on any atom is -0.340 e. The molecular weight excluding hydrogens is 310 g/mol. The molecule has 4 nitrogen and oxygen atoms in total. The summed E-state index contributed by atoms with van der Waals surface area (Å²) in [5.74, 6) is 0.202. The lowest BCUT2D eigenvalue weighted by Crippen LogP contribution is -2.49. The van der Waals surface area contributed by atoms with E-state index in [0.29, 0.717) is 0 Å². The van der Waals surface area contributed by atoms with Crippen molar-refractivity contribution >= 4 is 12.0 Å². The first kappa shape index (κ1) is 17.9. The van der Waals surface area contributed by atoms with Crippen LogP contribution in [0.5, 0.6) is 0 Å². The van der Waals surface area contributed by atoms with Crippen LogP contribution < -0.4 is 0 Å². The zero-order chi connectivity index (χ0) is 17.5. The number of rotatable bonds is 5. The second-order valence-corrected chi connectivity index (χ2v) is 6.98. The third-order valence-electron chi connectivity index (χ3n) is 5.02. The van der Waals surface area contributed by atoms with Gasteiger partial charge < -0.3 is 4.90 Å². The van der Waals surface area contributed by atoms with Crippen molar-refractivity contribution in [3.63, 3.8) is 0 Å². The van der Waals surface area contributed by atoms with Crippen molar-refractivity contribution in [2.75, 3.05) is 52.4 Å². The molecule has 0 aromatic heterocycles. The second kappa shape index (κ2) is 8.97. The average Bonchev–Trinajstić information content (AvgIpc) is 2.63. The topological polar surface area (TPSA) is 26.8 Å². The number of benzene rings is 1.